The Hall–Kier alpha value is -5.32. The first kappa shape index (κ1) is 101. The van der Waals surface area contributed by atoms with Crippen LogP contribution in [0, 0.1) is 0 Å². The molecule has 0 saturated heterocycles. The van der Waals surface area contributed by atoms with Crippen LogP contribution in [-0.4, -0.2) is 96.7 Å². The molecule has 0 radical (unpaired) electrons. The number of phosphoric ester groups is 2. The Bertz CT molecular complexity index is 2630. The van der Waals surface area contributed by atoms with E-state index in [1.807, 2.05) is 0 Å². The van der Waals surface area contributed by atoms with E-state index in [0.29, 0.717) is 25.7 Å². The van der Waals surface area contributed by atoms with Gasteiger partial charge in [0.25, 0.3) is 0 Å². The van der Waals surface area contributed by atoms with Gasteiger partial charge in [-0.3, -0.25) is 37.3 Å². The maximum absolute atomic E-state index is 13.1. The molecule has 106 heavy (non-hydrogen) atoms. The Morgan fingerprint density at radius 1 is 0.274 bits per heavy atom. The predicted octanol–water partition coefficient (Wildman–Crippen LogP) is 24.0. The van der Waals surface area contributed by atoms with Gasteiger partial charge < -0.3 is 33.8 Å². The van der Waals surface area contributed by atoms with Gasteiger partial charge in [0.2, 0.25) is 0 Å². The zero-order chi connectivity index (χ0) is 77.4. The number of ether oxygens (including phenoxy) is 4. The molecule has 0 aliphatic heterocycles. The summed E-state index contributed by atoms with van der Waals surface area (Å²) >= 11 is 0. The van der Waals surface area contributed by atoms with E-state index in [9.17, 15) is 43.2 Å². The average molecular weight is 1520 g/mol. The Morgan fingerprint density at radius 3 is 0.774 bits per heavy atom. The van der Waals surface area contributed by atoms with E-state index in [2.05, 4.69) is 186 Å². The summed E-state index contributed by atoms with van der Waals surface area (Å²) in [4.78, 5) is 73.1. The van der Waals surface area contributed by atoms with Gasteiger partial charge >= 0.3 is 39.5 Å². The van der Waals surface area contributed by atoms with Crippen molar-refractivity contribution in [3.05, 3.63) is 158 Å². The summed E-state index contributed by atoms with van der Waals surface area (Å²) in [5.41, 5.74) is 0. The van der Waals surface area contributed by atoms with Gasteiger partial charge in [-0.25, -0.2) is 9.13 Å². The smallest absolute Gasteiger partial charge is 0.462 e. The minimum Gasteiger partial charge on any atom is -0.462 e. The average Bonchev–Trinajstić information content (AvgIpc) is 0.907. The molecule has 604 valence electrons. The standard InChI is InChI=1S/C87H144O17P2/c1-5-9-13-17-21-25-29-33-37-39-40-42-45-48-52-56-60-64-68-72-85(90)98-78-83(104-87(92)74-70-66-62-58-54-50-46-41-38-34-30-26-22-18-14-10-6-2)80-102-106(95,96)100-76-81(88)75-99-105(93,94)101-79-82(103-86(91)73-69-65-61-57-53-49-44-36-32-28-24-20-16-12-8-4)77-97-84(89)71-67-63-59-55-51-47-43-35-31-27-23-19-15-11-7-3/h10-11,14-15,21-28,33-38,40,42-44,46,50-51,55,81-83,88H,5-9,12-13,16-20,29-32,39,41,45,47-49,52-54,56-80H2,1-4H3,(H,93,94)(H,95,96)/b14-10-,15-11-,25-21-,26-22-,27-23-,28-24-,37-33-,38-34-,42-40-,43-35-,44-36-,50-46-,55-51-. The van der Waals surface area contributed by atoms with Gasteiger partial charge in [-0.15, -0.1) is 0 Å². The summed E-state index contributed by atoms with van der Waals surface area (Å²) in [6.45, 7) is 4.49. The van der Waals surface area contributed by atoms with E-state index in [1.54, 1.807) is 0 Å². The van der Waals surface area contributed by atoms with Crippen LogP contribution in [0.1, 0.15) is 310 Å². The first-order valence-corrected chi connectivity index (χ1v) is 43.7. The maximum Gasteiger partial charge on any atom is 0.472 e. The van der Waals surface area contributed by atoms with Crippen LogP contribution in [0.5, 0.6) is 0 Å². The van der Waals surface area contributed by atoms with Crippen molar-refractivity contribution in [1.29, 1.82) is 0 Å². The fourth-order valence-electron chi connectivity index (χ4n) is 10.3. The Kier molecular flexibility index (Phi) is 73.9. The van der Waals surface area contributed by atoms with E-state index < -0.39 is 97.5 Å². The van der Waals surface area contributed by atoms with Crippen LogP contribution in [0.15, 0.2) is 158 Å². The molecule has 0 fully saturated rings. The summed E-state index contributed by atoms with van der Waals surface area (Å²) in [6.07, 6.45) is 90.7. The molecular formula is C87H144O17P2. The summed E-state index contributed by atoms with van der Waals surface area (Å²) < 4.78 is 68.6. The fourth-order valence-corrected chi connectivity index (χ4v) is 11.9. The number of allylic oxidation sites excluding steroid dienone is 26. The predicted molar refractivity (Wildman–Crippen MR) is 436 cm³/mol. The van der Waals surface area contributed by atoms with Crippen molar-refractivity contribution in [2.24, 2.45) is 0 Å². The lowest BCUT2D eigenvalue weighted by Gasteiger charge is -2.21. The number of aliphatic hydroxyl groups excluding tert-OH is 1. The Labute approximate surface area is 642 Å². The molecule has 0 aromatic rings. The first-order valence-electron chi connectivity index (χ1n) is 40.7. The topological polar surface area (TPSA) is 237 Å². The number of esters is 4. The van der Waals surface area contributed by atoms with Gasteiger partial charge in [0.1, 0.15) is 19.3 Å². The molecule has 0 aromatic carbocycles. The third-order valence-electron chi connectivity index (χ3n) is 16.5. The molecule has 17 nitrogen and oxygen atoms in total. The highest BCUT2D eigenvalue weighted by molar-refractivity contribution is 7.47. The fraction of sp³-hybridized carbons (Fsp3) is 0.655. The van der Waals surface area contributed by atoms with Crippen LogP contribution in [0.25, 0.3) is 0 Å². The lowest BCUT2D eigenvalue weighted by Crippen LogP contribution is -2.30. The zero-order valence-corrected chi connectivity index (χ0v) is 67.8. The molecule has 0 aliphatic rings. The minimum atomic E-state index is -5.00. The van der Waals surface area contributed by atoms with Gasteiger partial charge in [-0.05, 0) is 173 Å². The first-order chi connectivity index (χ1) is 51.7. The molecule has 0 amide bonds. The number of phosphoric acid groups is 2. The third kappa shape index (κ3) is 76.9. The Balaban J connectivity index is 5.46. The van der Waals surface area contributed by atoms with Crippen LogP contribution in [-0.2, 0) is 65.4 Å². The van der Waals surface area contributed by atoms with E-state index in [4.69, 9.17) is 37.0 Å². The number of carbonyl (C=O) groups is 4. The SMILES string of the molecule is CC/C=C\C/C=C\C/C=C\C/C=C\CCCCCCC(=O)OC(COC(=O)CCCCCCCC/C=C\C/C=C\C/C=C\CCCCC)COP(=O)(O)OCC(O)COP(=O)(O)OCC(COC(=O)CCCC/C=C\C/C=C\C/C=C\C/C=C\CC)OC(=O)CCCCCCC/C=C\C/C=C\CCCCC. The van der Waals surface area contributed by atoms with Crippen molar-refractivity contribution < 1.29 is 80.2 Å². The molecule has 19 heteroatoms. The largest absolute Gasteiger partial charge is 0.472 e. The summed E-state index contributed by atoms with van der Waals surface area (Å²) in [5, 5.41) is 10.7. The molecule has 0 aliphatic carbocycles. The van der Waals surface area contributed by atoms with Gasteiger partial charge in [0.15, 0.2) is 12.2 Å². The molecule has 0 heterocycles. The molecule has 0 bridgehead atoms. The van der Waals surface area contributed by atoms with Crippen molar-refractivity contribution in [1.82, 2.24) is 0 Å². The highest BCUT2D eigenvalue weighted by atomic mass is 31.2. The summed E-state index contributed by atoms with van der Waals surface area (Å²) in [6, 6.07) is 0. The van der Waals surface area contributed by atoms with E-state index >= 15 is 0 Å². The van der Waals surface area contributed by atoms with Crippen LogP contribution in [0.3, 0.4) is 0 Å². The summed E-state index contributed by atoms with van der Waals surface area (Å²) in [5.74, 6) is -2.28. The van der Waals surface area contributed by atoms with Gasteiger partial charge in [-0.2, -0.15) is 0 Å². The molecule has 0 rings (SSSR count). The second kappa shape index (κ2) is 77.8. The molecule has 5 atom stereocenters. The van der Waals surface area contributed by atoms with Gasteiger partial charge in [0.05, 0.1) is 26.4 Å². The quantitative estimate of drug-likeness (QED) is 0.0169. The highest BCUT2D eigenvalue weighted by Crippen LogP contribution is 2.45. The van der Waals surface area contributed by atoms with Crippen molar-refractivity contribution in [3.8, 4) is 0 Å². The highest BCUT2D eigenvalue weighted by Gasteiger charge is 2.30. The van der Waals surface area contributed by atoms with Crippen molar-refractivity contribution in [3.63, 3.8) is 0 Å². The van der Waals surface area contributed by atoms with Crippen molar-refractivity contribution in [2.75, 3.05) is 39.6 Å². The second-order valence-corrected chi connectivity index (χ2v) is 29.5. The normalized spacial score (nSPS) is 14.7. The molecule has 3 N–H and O–H groups in total. The number of aliphatic hydroxyl groups is 1. The van der Waals surface area contributed by atoms with E-state index in [1.165, 1.54) is 38.5 Å². The van der Waals surface area contributed by atoms with Gasteiger partial charge in [0, 0.05) is 25.7 Å². The number of rotatable bonds is 75. The number of unbranched alkanes of at least 4 members (excludes halogenated alkanes) is 23. The van der Waals surface area contributed by atoms with Crippen LogP contribution < -0.4 is 0 Å². The zero-order valence-electron chi connectivity index (χ0n) is 66.1. The monoisotopic (exact) mass is 1520 g/mol. The van der Waals surface area contributed by atoms with Crippen molar-refractivity contribution >= 4 is 39.5 Å². The number of carbonyl (C=O) groups excluding carboxylic acids is 4. The number of hydrogen-bond donors (Lipinski definition) is 3. The minimum absolute atomic E-state index is 0.0577. The molecule has 0 aromatic heterocycles. The molecule has 5 unspecified atom stereocenters. The van der Waals surface area contributed by atoms with Crippen LogP contribution in [0.4, 0.5) is 0 Å². The van der Waals surface area contributed by atoms with E-state index in [0.717, 1.165) is 193 Å². The third-order valence-corrected chi connectivity index (χ3v) is 18.4. The molecule has 0 spiro atoms. The van der Waals surface area contributed by atoms with Gasteiger partial charge in [-0.1, -0.05) is 269 Å². The lowest BCUT2D eigenvalue weighted by atomic mass is 10.1. The second-order valence-electron chi connectivity index (χ2n) is 26.6. The number of hydrogen-bond acceptors (Lipinski definition) is 15. The van der Waals surface area contributed by atoms with Crippen molar-refractivity contribution in [2.45, 2.75) is 329 Å². The summed E-state index contributed by atoms with van der Waals surface area (Å²) in [7, 11) is -10.00. The van der Waals surface area contributed by atoms with Crippen LogP contribution >= 0.6 is 15.6 Å². The molecule has 0 saturated carbocycles. The maximum atomic E-state index is 13.1. The molecular weight excluding hydrogens is 1380 g/mol. The lowest BCUT2D eigenvalue weighted by molar-refractivity contribution is -0.161. The Morgan fingerprint density at radius 2 is 0.491 bits per heavy atom. The van der Waals surface area contributed by atoms with Crippen LogP contribution in [0.2, 0.25) is 0 Å². The van der Waals surface area contributed by atoms with E-state index in [-0.39, 0.29) is 25.7 Å².